The number of hydrogen-bond donors (Lipinski definition) is 2. The number of likely N-dealkylation sites (tertiary alicyclic amines) is 1. The van der Waals surface area contributed by atoms with Crippen LogP contribution in [0.1, 0.15) is 59.4 Å². The van der Waals surface area contributed by atoms with E-state index < -0.39 is 17.9 Å². The van der Waals surface area contributed by atoms with Gasteiger partial charge in [-0.3, -0.25) is 9.69 Å². The number of fused-ring (bicyclic) bond motifs is 2. The molecule has 0 amide bonds. The Labute approximate surface area is 335 Å². The molecule has 0 bridgehead atoms. The van der Waals surface area contributed by atoms with Gasteiger partial charge in [0.15, 0.2) is 0 Å². The van der Waals surface area contributed by atoms with Crippen LogP contribution in [0.3, 0.4) is 0 Å². The first-order valence-electron chi connectivity index (χ1n) is 19.5. The minimum absolute atomic E-state index is 0.0367. The number of carbonyl (C=O) groups is 1. The summed E-state index contributed by atoms with van der Waals surface area (Å²) in [5, 5.41) is 20.6. The lowest BCUT2D eigenvalue weighted by Gasteiger charge is -2.41. The Balaban J connectivity index is 0.000000165. The summed E-state index contributed by atoms with van der Waals surface area (Å²) in [4.78, 5) is 13.1. The molecule has 2 N–H and O–H groups in total. The van der Waals surface area contributed by atoms with E-state index in [1.54, 1.807) is 25.1 Å². The highest BCUT2D eigenvalue weighted by Gasteiger charge is 2.35. The monoisotopic (exact) mass is 775 g/mol. The van der Waals surface area contributed by atoms with E-state index in [1.807, 2.05) is 90.7 Å². The Morgan fingerprint density at radius 1 is 0.621 bits per heavy atom. The van der Waals surface area contributed by atoms with Crippen molar-refractivity contribution in [1.82, 2.24) is 4.90 Å². The van der Waals surface area contributed by atoms with Crippen molar-refractivity contribution in [2.24, 2.45) is 5.92 Å². The summed E-state index contributed by atoms with van der Waals surface area (Å²) < 4.78 is 41.2. The molecule has 58 heavy (non-hydrogen) atoms. The molecule has 8 aromatic rings. The standard InChI is InChI=1S/C27H24FNO3.C23H19FO2/c1-17(29-15-22(16-29)27(30)31)20-8-9-23(24(28)13-20)26-14-21-12-19(7-10-25(21)32-26)11-18-5-3-2-4-6-18;1-15(25)18-8-9-20(21(24)13-18)23-14-19-12-17(7-10-22(19)26-23)11-16-5-3-2-4-6-16/h2-10,12-14,17,22H,11,15-16H2,1H3,(H,30,31);2-10,12-15,25H,11H2,1H3. The van der Waals surface area contributed by atoms with E-state index >= 15 is 4.39 Å². The van der Waals surface area contributed by atoms with E-state index in [4.69, 9.17) is 13.9 Å². The topological polar surface area (TPSA) is 87.1 Å². The molecular weight excluding hydrogens is 733 g/mol. The van der Waals surface area contributed by atoms with Crippen LogP contribution in [-0.4, -0.2) is 34.2 Å². The van der Waals surface area contributed by atoms with Crippen LogP contribution in [0.5, 0.6) is 0 Å². The summed E-state index contributed by atoms with van der Waals surface area (Å²) >= 11 is 0. The minimum Gasteiger partial charge on any atom is -0.481 e. The Kier molecular flexibility index (Phi) is 11.0. The van der Waals surface area contributed by atoms with E-state index in [1.165, 1.54) is 34.4 Å². The van der Waals surface area contributed by atoms with Gasteiger partial charge < -0.3 is 19.0 Å². The van der Waals surface area contributed by atoms with Gasteiger partial charge in [0, 0.05) is 29.9 Å². The number of hydrogen-bond acceptors (Lipinski definition) is 5. The Morgan fingerprint density at radius 2 is 1.09 bits per heavy atom. The summed E-state index contributed by atoms with van der Waals surface area (Å²) in [6.45, 7) is 4.58. The molecule has 2 aromatic heterocycles. The van der Waals surface area contributed by atoms with E-state index in [0.717, 1.165) is 40.3 Å². The lowest BCUT2D eigenvalue weighted by atomic mass is 9.94. The van der Waals surface area contributed by atoms with E-state index in [2.05, 4.69) is 36.4 Å². The lowest BCUT2D eigenvalue weighted by Crippen LogP contribution is -2.51. The lowest BCUT2D eigenvalue weighted by molar-refractivity contribution is -0.148. The molecule has 0 radical (unpaired) electrons. The summed E-state index contributed by atoms with van der Waals surface area (Å²) in [6.07, 6.45) is 0.974. The third-order valence-electron chi connectivity index (χ3n) is 11.0. The quantitative estimate of drug-likeness (QED) is 0.144. The summed E-state index contributed by atoms with van der Waals surface area (Å²) in [6, 6.07) is 46.3. The second-order valence-corrected chi connectivity index (χ2v) is 15.1. The number of carboxylic acids is 1. The van der Waals surface area contributed by atoms with E-state index in [9.17, 15) is 14.3 Å². The van der Waals surface area contributed by atoms with Crippen LogP contribution >= 0.6 is 0 Å². The van der Waals surface area contributed by atoms with Gasteiger partial charge in [-0.05, 0) is 121 Å². The molecule has 292 valence electrons. The van der Waals surface area contributed by atoms with Crippen molar-refractivity contribution in [2.45, 2.75) is 38.8 Å². The molecule has 0 spiro atoms. The molecule has 2 atom stereocenters. The van der Waals surface area contributed by atoms with E-state index in [-0.39, 0.29) is 17.8 Å². The fourth-order valence-corrected chi connectivity index (χ4v) is 7.51. The van der Waals surface area contributed by atoms with Crippen LogP contribution in [0.15, 0.2) is 154 Å². The molecule has 1 aliphatic rings. The molecular formula is C50H43F2NO5. The van der Waals surface area contributed by atoms with Crippen molar-refractivity contribution in [1.29, 1.82) is 0 Å². The van der Waals surface area contributed by atoms with Crippen molar-refractivity contribution < 1.29 is 32.6 Å². The first kappa shape index (κ1) is 38.5. The highest BCUT2D eigenvalue weighted by atomic mass is 19.1. The first-order valence-corrected chi connectivity index (χ1v) is 19.5. The molecule has 6 aromatic carbocycles. The number of nitrogens with zero attached hydrogens (tertiary/aromatic N) is 1. The third-order valence-corrected chi connectivity index (χ3v) is 11.0. The second kappa shape index (κ2) is 16.6. The highest BCUT2D eigenvalue weighted by Crippen LogP contribution is 2.35. The average molecular weight is 776 g/mol. The maximum atomic E-state index is 15.0. The first-order chi connectivity index (χ1) is 28.1. The number of aliphatic hydroxyl groups excluding tert-OH is 1. The van der Waals surface area contributed by atoms with Gasteiger partial charge in [-0.15, -0.1) is 0 Å². The predicted molar refractivity (Wildman–Crippen MR) is 223 cm³/mol. The molecule has 8 heteroatoms. The van der Waals surface area contributed by atoms with Gasteiger partial charge >= 0.3 is 5.97 Å². The number of carboxylic acid groups (broad SMARTS) is 1. The Hall–Kier alpha value is -6.35. The zero-order chi connectivity index (χ0) is 40.3. The number of rotatable bonds is 10. The van der Waals surface area contributed by atoms with Gasteiger partial charge in [0.25, 0.3) is 0 Å². The molecule has 1 aliphatic heterocycles. The maximum Gasteiger partial charge on any atom is 0.309 e. The van der Waals surface area contributed by atoms with Crippen LogP contribution < -0.4 is 0 Å². The van der Waals surface area contributed by atoms with Crippen molar-refractivity contribution >= 4 is 27.9 Å². The van der Waals surface area contributed by atoms with Crippen LogP contribution in [0.25, 0.3) is 44.6 Å². The van der Waals surface area contributed by atoms with Crippen LogP contribution in [-0.2, 0) is 17.6 Å². The molecule has 0 saturated carbocycles. The number of benzene rings is 6. The normalized spacial score (nSPS) is 14.2. The average Bonchev–Trinajstić information content (AvgIpc) is 3.82. The van der Waals surface area contributed by atoms with Gasteiger partial charge in [0.05, 0.1) is 23.1 Å². The highest BCUT2D eigenvalue weighted by molar-refractivity contribution is 5.84. The smallest absolute Gasteiger partial charge is 0.309 e. The summed E-state index contributed by atoms with van der Waals surface area (Å²) in [7, 11) is 0. The summed E-state index contributed by atoms with van der Waals surface area (Å²) in [5.41, 5.74) is 8.51. The third kappa shape index (κ3) is 8.49. The molecule has 6 nitrogen and oxygen atoms in total. The van der Waals surface area contributed by atoms with Gasteiger partial charge in [-0.1, -0.05) is 84.9 Å². The molecule has 9 rings (SSSR count). The van der Waals surface area contributed by atoms with Gasteiger partial charge in [-0.2, -0.15) is 0 Å². The van der Waals surface area contributed by atoms with Gasteiger partial charge in [-0.25, -0.2) is 8.78 Å². The predicted octanol–water partition coefficient (Wildman–Crippen LogP) is 11.8. The molecule has 1 fully saturated rings. The van der Waals surface area contributed by atoms with Gasteiger partial charge in [0.2, 0.25) is 0 Å². The van der Waals surface area contributed by atoms with Gasteiger partial charge in [0.1, 0.15) is 34.3 Å². The van der Waals surface area contributed by atoms with Crippen molar-refractivity contribution in [2.75, 3.05) is 13.1 Å². The molecule has 1 saturated heterocycles. The van der Waals surface area contributed by atoms with Crippen molar-refractivity contribution in [3.8, 4) is 22.6 Å². The minimum atomic E-state index is -0.771. The number of aliphatic carboxylic acids is 1. The maximum absolute atomic E-state index is 15.0. The zero-order valence-corrected chi connectivity index (χ0v) is 32.2. The Morgan fingerprint density at radius 3 is 1.53 bits per heavy atom. The van der Waals surface area contributed by atoms with Crippen LogP contribution in [0.4, 0.5) is 8.78 Å². The number of aliphatic hydroxyl groups is 1. The van der Waals surface area contributed by atoms with E-state index in [0.29, 0.717) is 41.3 Å². The number of furan rings is 2. The fraction of sp³-hybridized carbons (Fsp3) is 0.180. The van der Waals surface area contributed by atoms with Crippen LogP contribution in [0.2, 0.25) is 0 Å². The molecule has 2 unspecified atom stereocenters. The second-order valence-electron chi connectivity index (χ2n) is 15.1. The largest absolute Gasteiger partial charge is 0.481 e. The Bertz CT molecular complexity index is 2700. The van der Waals surface area contributed by atoms with Crippen molar-refractivity contribution in [3.05, 3.63) is 191 Å². The van der Waals surface area contributed by atoms with Crippen molar-refractivity contribution in [3.63, 3.8) is 0 Å². The SMILES string of the molecule is CC(O)c1ccc(-c2cc3cc(Cc4ccccc4)ccc3o2)c(F)c1.CC(c1ccc(-c2cc3cc(Cc4ccccc4)ccc3o2)c(F)c1)N1CC(C(=O)O)C1. The van der Waals surface area contributed by atoms with Crippen LogP contribution in [0, 0.1) is 17.6 Å². The zero-order valence-electron chi connectivity index (χ0n) is 32.2. The fourth-order valence-electron chi connectivity index (χ4n) is 7.51. The molecule has 3 heterocycles. The number of halogens is 2. The molecule has 0 aliphatic carbocycles. The summed E-state index contributed by atoms with van der Waals surface area (Å²) in [5.74, 6) is -0.842.